The van der Waals surface area contributed by atoms with Crippen LogP contribution in [0.5, 0.6) is 5.75 Å². The predicted octanol–water partition coefficient (Wildman–Crippen LogP) is 3.53. The molecule has 168 valence electrons. The van der Waals surface area contributed by atoms with Gasteiger partial charge in [0.15, 0.2) is 0 Å². The first-order chi connectivity index (χ1) is 15.3. The first-order valence-corrected chi connectivity index (χ1v) is 11.6. The van der Waals surface area contributed by atoms with Gasteiger partial charge in [0.25, 0.3) is 15.9 Å². The van der Waals surface area contributed by atoms with E-state index in [1.807, 2.05) is 49.3 Å². The summed E-state index contributed by atoms with van der Waals surface area (Å²) in [5.74, 6) is 0.0581. The highest BCUT2D eigenvalue weighted by molar-refractivity contribution is 7.92. The second-order valence-corrected chi connectivity index (χ2v) is 9.12. The lowest BCUT2D eigenvalue weighted by Gasteiger charge is -2.25. The summed E-state index contributed by atoms with van der Waals surface area (Å²) in [5.41, 5.74) is 1.66. The number of benzene rings is 3. The smallest absolute Gasteiger partial charge is 0.262 e. The lowest BCUT2D eigenvalue weighted by molar-refractivity contribution is 0.0941. The highest BCUT2D eigenvalue weighted by atomic mass is 32.2. The summed E-state index contributed by atoms with van der Waals surface area (Å²) < 4.78 is 33.5. The Labute approximate surface area is 189 Å². The zero-order valence-electron chi connectivity index (χ0n) is 18.3. The zero-order chi connectivity index (χ0) is 23.1. The number of sulfonamides is 1. The Kier molecular flexibility index (Phi) is 7.50. The lowest BCUT2D eigenvalue weighted by atomic mass is 10.1. The second kappa shape index (κ2) is 10.3. The number of anilines is 1. The molecule has 1 atom stereocenters. The van der Waals surface area contributed by atoms with Crippen LogP contribution in [0.4, 0.5) is 5.69 Å². The van der Waals surface area contributed by atoms with E-state index in [0.29, 0.717) is 18.0 Å². The fourth-order valence-electron chi connectivity index (χ4n) is 3.30. The Morgan fingerprint density at radius 1 is 0.969 bits per heavy atom. The van der Waals surface area contributed by atoms with E-state index in [1.54, 1.807) is 36.4 Å². The molecule has 0 saturated heterocycles. The Morgan fingerprint density at radius 3 is 2.34 bits per heavy atom. The van der Waals surface area contributed by atoms with Gasteiger partial charge >= 0.3 is 0 Å². The van der Waals surface area contributed by atoms with Crippen LogP contribution in [0.15, 0.2) is 83.8 Å². The minimum Gasteiger partial charge on any atom is -0.495 e. The van der Waals surface area contributed by atoms with Crippen molar-refractivity contribution in [3.63, 3.8) is 0 Å². The molecule has 3 rings (SSSR count). The fraction of sp³-hybridized carbons (Fsp3) is 0.208. The van der Waals surface area contributed by atoms with E-state index in [2.05, 4.69) is 10.0 Å². The van der Waals surface area contributed by atoms with Gasteiger partial charge in [-0.3, -0.25) is 9.52 Å². The van der Waals surface area contributed by atoms with Gasteiger partial charge in [-0.25, -0.2) is 8.42 Å². The van der Waals surface area contributed by atoms with Crippen LogP contribution in [0.2, 0.25) is 0 Å². The molecule has 1 unspecified atom stereocenters. The molecule has 0 aliphatic carbocycles. The maximum atomic E-state index is 12.9. The topological polar surface area (TPSA) is 87.7 Å². The molecule has 0 bridgehead atoms. The SMILES string of the molecule is COc1ccccc1NS(=O)(=O)c1cccc(C(=O)NCC(c2ccccc2)N(C)C)c1. The maximum absolute atomic E-state index is 12.9. The summed E-state index contributed by atoms with van der Waals surface area (Å²) >= 11 is 0. The highest BCUT2D eigenvalue weighted by Gasteiger charge is 2.19. The monoisotopic (exact) mass is 453 g/mol. The van der Waals surface area contributed by atoms with E-state index >= 15 is 0 Å². The third-order valence-corrected chi connectivity index (χ3v) is 6.38. The summed E-state index contributed by atoms with van der Waals surface area (Å²) in [6.45, 7) is 0.381. The number of carbonyl (C=O) groups excluding carboxylic acids is 1. The Hall–Kier alpha value is -3.36. The van der Waals surface area contributed by atoms with Gasteiger partial charge in [0, 0.05) is 12.1 Å². The van der Waals surface area contributed by atoms with Gasteiger partial charge in [-0.15, -0.1) is 0 Å². The summed E-state index contributed by atoms with van der Waals surface area (Å²) in [4.78, 5) is 14.8. The molecule has 8 heteroatoms. The summed E-state index contributed by atoms with van der Waals surface area (Å²) in [6.07, 6.45) is 0. The highest BCUT2D eigenvalue weighted by Crippen LogP contribution is 2.26. The van der Waals surface area contributed by atoms with Gasteiger partial charge in [0.2, 0.25) is 0 Å². The third-order valence-electron chi connectivity index (χ3n) is 5.02. The lowest BCUT2D eigenvalue weighted by Crippen LogP contribution is -2.34. The molecule has 0 aromatic heterocycles. The van der Waals surface area contributed by atoms with Crippen LogP contribution in [0.25, 0.3) is 0 Å². The molecule has 0 saturated carbocycles. The number of nitrogens with one attached hydrogen (secondary N) is 2. The minimum atomic E-state index is -3.91. The van der Waals surface area contributed by atoms with Crippen LogP contribution in [0, 0.1) is 0 Å². The molecule has 3 aromatic rings. The summed E-state index contributed by atoms with van der Waals surface area (Å²) in [6, 6.07) is 22.5. The van der Waals surface area contributed by atoms with Crippen molar-refractivity contribution >= 4 is 21.6 Å². The quantitative estimate of drug-likeness (QED) is 0.518. The van der Waals surface area contributed by atoms with E-state index in [9.17, 15) is 13.2 Å². The Balaban J connectivity index is 1.75. The normalized spacial score (nSPS) is 12.2. The molecular formula is C24H27N3O4S. The summed E-state index contributed by atoms with van der Waals surface area (Å²) in [5, 5.41) is 2.91. The maximum Gasteiger partial charge on any atom is 0.262 e. The molecule has 0 aliphatic rings. The van der Waals surface area contributed by atoms with Crippen molar-refractivity contribution < 1.29 is 17.9 Å². The van der Waals surface area contributed by atoms with E-state index in [0.717, 1.165) is 5.56 Å². The Bertz CT molecular complexity index is 1160. The van der Waals surface area contributed by atoms with Crippen molar-refractivity contribution in [3.8, 4) is 5.75 Å². The van der Waals surface area contributed by atoms with Gasteiger partial charge in [0.05, 0.1) is 23.7 Å². The zero-order valence-corrected chi connectivity index (χ0v) is 19.1. The molecule has 2 N–H and O–H groups in total. The average Bonchev–Trinajstić information content (AvgIpc) is 2.80. The van der Waals surface area contributed by atoms with E-state index in [-0.39, 0.29) is 22.4 Å². The van der Waals surface area contributed by atoms with Crippen LogP contribution in [0.1, 0.15) is 22.0 Å². The first kappa shape index (κ1) is 23.3. The van der Waals surface area contributed by atoms with Crippen LogP contribution in [0.3, 0.4) is 0 Å². The van der Waals surface area contributed by atoms with Crippen molar-refractivity contribution in [1.82, 2.24) is 10.2 Å². The molecule has 0 fully saturated rings. The predicted molar refractivity (Wildman–Crippen MR) is 125 cm³/mol. The first-order valence-electron chi connectivity index (χ1n) is 10.1. The van der Waals surface area contributed by atoms with Gasteiger partial charge in [-0.05, 0) is 50.0 Å². The molecule has 3 aromatic carbocycles. The van der Waals surface area contributed by atoms with Gasteiger partial charge in [0.1, 0.15) is 5.75 Å². The number of nitrogens with zero attached hydrogens (tertiary/aromatic N) is 1. The number of likely N-dealkylation sites (N-methyl/N-ethyl adjacent to an activating group) is 1. The van der Waals surface area contributed by atoms with Crippen LogP contribution in [-0.2, 0) is 10.0 Å². The van der Waals surface area contributed by atoms with Gasteiger partial charge < -0.3 is 15.0 Å². The molecule has 0 aliphatic heterocycles. The number of rotatable bonds is 9. The molecule has 32 heavy (non-hydrogen) atoms. The standard InChI is InChI=1S/C24H27N3O4S/c1-27(2)22(18-10-5-4-6-11-18)17-25-24(28)19-12-9-13-20(16-19)32(29,30)26-21-14-7-8-15-23(21)31-3/h4-16,22,26H,17H2,1-3H3,(H,25,28). The van der Waals surface area contributed by atoms with Crippen LogP contribution < -0.4 is 14.8 Å². The van der Waals surface area contributed by atoms with Crippen LogP contribution >= 0.6 is 0 Å². The number of methoxy groups -OCH3 is 1. The summed E-state index contributed by atoms with van der Waals surface area (Å²) in [7, 11) is 1.45. The molecule has 0 spiro atoms. The van der Waals surface area contributed by atoms with Crippen molar-refractivity contribution in [2.24, 2.45) is 0 Å². The Morgan fingerprint density at radius 2 is 1.66 bits per heavy atom. The van der Waals surface area contributed by atoms with E-state index in [1.165, 1.54) is 19.2 Å². The second-order valence-electron chi connectivity index (χ2n) is 7.43. The van der Waals surface area contributed by atoms with E-state index < -0.39 is 10.0 Å². The van der Waals surface area contributed by atoms with Crippen molar-refractivity contribution in [2.45, 2.75) is 10.9 Å². The van der Waals surface area contributed by atoms with Gasteiger partial charge in [-0.1, -0.05) is 48.5 Å². The number of carbonyl (C=O) groups is 1. The molecular weight excluding hydrogens is 426 g/mol. The largest absolute Gasteiger partial charge is 0.495 e. The van der Waals surface area contributed by atoms with Crippen molar-refractivity contribution in [2.75, 3.05) is 32.5 Å². The fourth-order valence-corrected chi connectivity index (χ4v) is 4.42. The van der Waals surface area contributed by atoms with Crippen molar-refractivity contribution in [3.05, 3.63) is 90.0 Å². The minimum absolute atomic E-state index is 0.0109. The number of amides is 1. The molecule has 0 heterocycles. The third kappa shape index (κ3) is 5.66. The average molecular weight is 454 g/mol. The molecule has 7 nitrogen and oxygen atoms in total. The van der Waals surface area contributed by atoms with E-state index in [4.69, 9.17) is 4.74 Å². The van der Waals surface area contributed by atoms with Crippen LogP contribution in [-0.4, -0.2) is 47.0 Å². The van der Waals surface area contributed by atoms with Gasteiger partial charge in [-0.2, -0.15) is 0 Å². The molecule has 1 amide bonds. The number of hydrogen-bond acceptors (Lipinski definition) is 5. The van der Waals surface area contributed by atoms with Crippen molar-refractivity contribution in [1.29, 1.82) is 0 Å². The molecule has 0 radical (unpaired) electrons. The number of hydrogen-bond donors (Lipinski definition) is 2. The number of ether oxygens (including phenoxy) is 1. The number of para-hydroxylation sites is 2.